The first kappa shape index (κ1) is 77.7. The monoisotopic (exact) mass is 1360 g/mol. The van der Waals surface area contributed by atoms with Crippen LogP contribution in [0.4, 0.5) is 0 Å². The van der Waals surface area contributed by atoms with Gasteiger partial charge in [0.25, 0.3) is 0 Å². The number of hydrogen-bond acceptors (Lipinski definition) is 15. The summed E-state index contributed by atoms with van der Waals surface area (Å²) < 4.78 is 20.8. The van der Waals surface area contributed by atoms with Crippen molar-refractivity contribution in [3.05, 3.63) is 156 Å². The van der Waals surface area contributed by atoms with E-state index in [9.17, 15) is 29.1 Å². The second-order valence-corrected chi connectivity index (χ2v) is 28.1. The Morgan fingerprint density at radius 1 is 0.458 bits per heavy atom. The highest BCUT2D eigenvalue weighted by Gasteiger charge is 2.53. The summed E-state index contributed by atoms with van der Waals surface area (Å²) in [6, 6.07) is 45.0. The van der Waals surface area contributed by atoms with Crippen molar-refractivity contribution in [2.75, 3.05) is 26.4 Å². The van der Waals surface area contributed by atoms with E-state index in [1.54, 1.807) is 0 Å². The number of halogens is 2. The van der Waals surface area contributed by atoms with Gasteiger partial charge in [-0.2, -0.15) is 0 Å². The van der Waals surface area contributed by atoms with Crippen LogP contribution in [0.2, 0.25) is 0 Å². The van der Waals surface area contributed by atoms with Gasteiger partial charge in [0, 0.05) is 73.9 Å². The Morgan fingerprint density at radius 2 is 0.833 bits per heavy atom. The average molecular weight is 1360 g/mol. The number of likely N-dealkylation sites (tertiary alicyclic amines) is 4. The van der Waals surface area contributed by atoms with E-state index < -0.39 is 5.97 Å². The van der Waals surface area contributed by atoms with Crippen LogP contribution >= 0.6 is 24.8 Å². The molecule has 5 aliphatic heterocycles. The molecule has 5 heterocycles. The predicted molar refractivity (Wildman–Crippen MR) is 382 cm³/mol. The zero-order valence-electron chi connectivity index (χ0n) is 58.5. The topological polar surface area (TPSA) is 180 Å². The van der Waals surface area contributed by atoms with E-state index in [1.807, 2.05) is 64.1 Å². The van der Waals surface area contributed by atoms with Crippen LogP contribution < -0.4 is 10.6 Å². The Hall–Kier alpha value is -5.69. The highest BCUT2D eigenvalue weighted by molar-refractivity contribution is 5.86. The molecule has 18 heteroatoms. The largest absolute Gasteiger partial charge is 0.480 e. The molecular weight excluding hydrogens is 1250 g/mol. The molecule has 15 unspecified atom stereocenters. The van der Waals surface area contributed by atoms with E-state index in [-0.39, 0.29) is 84.9 Å². The van der Waals surface area contributed by atoms with E-state index in [2.05, 4.69) is 162 Å². The summed E-state index contributed by atoms with van der Waals surface area (Å²) in [5, 5.41) is 15.9. The zero-order valence-corrected chi connectivity index (χ0v) is 60.1. The number of nitrogens with zero attached hydrogens (tertiary/aromatic N) is 4. The van der Waals surface area contributed by atoms with Crippen LogP contribution in [0.3, 0.4) is 0 Å². The molecule has 0 radical (unpaired) electrons. The molecule has 16 atom stereocenters. The lowest BCUT2D eigenvalue weighted by Crippen LogP contribution is -2.46. The van der Waals surface area contributed by atoms with Gasteiger partial charge in [-0.15, -0.1) is 24.8 Å². The summed E-state index contributed by atoms with van der Waals surface area (Å²) in [4.78, 5) is 68.6. The Bertz CT molecular complexity index is 2950. The van der Waals surface area contributed by atoms with Gasteiger partial charge >= 0.3 is 29.8 Å². The molecule has 4 aromatic rings. The molecule has 10 aliphatic rings. The summed E-state index contributed by atoms with van der Waals surface area (Å²) in [6.45, 7) is 22.7. The van der Waals surface area contributed by atoms with E-state index in [0.29, 0.717) is 98.3 Å². The number of carbonyl (C=O) groups is 5. The lowest BCUT2D eigenvalue weighted by atomic mass is 9.98. The molecule has 16 nitrogen and oxygen atoms in total. The van der Waals surface area contributed by atoms with Gasteiger partial charge in [-0.3, -0.25) is 43.6 Å². The van der Waals surface area contributed by atoms with Crippen molar-refractivity contribution in [3.63, 3.8) is 0 Å². The number of ether oxygens (including phenoxy) is 4. The van der Waals surface area contributed by atoms with Crippen LogP contribution in [0.25, 0.3) is 0 Å². The third-order valence-electron chi connectivity index (χ3n) is 21.1. The molecule has 528 valence electrons. The van der Waals surface area contributed by atoms with E-state index in [1.165, 1.54) is 73.6 Å². The number of fused-ring (bicyclic) bond motifs is 10. The third kappa shape index (κ3) is 20.0. The average Bonchev–Trinajstić information content (AvgIpc) is 1.64. The lowest BCUT2D eigenvalue weighted by molar-refractivity contribution is -0.152. The molecule has 0 aromatic heterocycles. The van der Waals surface area contributed by atoms with Crippen molar-refractivity contribution in [1.82, 2.24) is 30.2 Å². The van der Waals surface area contributed by atoms with Crippen LogP contribution in [0.15, 0.2) is 133 Å². The SMILES string of the molecule is CC(C)NC(C)C.CCOC(=O)C1C2C=CC(C2)N1[C@@H](C)c1ccccc1.CCOC(=O)C1C2CCC(C2)N1Cc1ccccc1.CCOC(=O)C1C2CCC(C2)N1Cc1ccccc1.CCOC(=O)C1NC2CCC1C2.Cl.Cl.O=C(O)C1C2CCC(C2)N1Cc1ccccc1. The Morgan fingerprint density at radius 3 is 1.20 bits per heavy atom. The number of carboxylic acid groups (broad SMARTS) is 1. The maximum Gasteiger partial charge on any atom is 0.323 e. The van der Waals surface area contributed by atoms with Gasteiger partial charge in [0.15, 0.2) is 0 Å². The van der Waals surface area contributed by atoms with Crippen molar-refractivity contribution in [3.8, 4) is 0 Å². The zero-order chi connectivity index (χ0) is 66.8. The van der Waals surface area contributed by atoms with Crippen molar-refractivity contribution in [2.24, 2.45) is 29.6 Å². The highest BCUT2D eigenvalue weighted by atomic mass is 35.5. The molecule has 4 saturated carbocycles. The molecular formula is C78H112Cl2N6O10. The van der Waals surface area contributed by atoms with Gasteiger partial charge in [0.2, 0.25) is 0 Å². The van der Waals surface area contributed by atoms with E-state index in [0.717, 1.165) is 51.7 Å². The fraction of sp³-hybridized carbons (Fsp3) is 0.603. The van der Waals surface area contributed by atoms with Crippen LogP contribution in [-0.2, 0) is 62.6 Å². The van der Waals surface area contributed by atoms with Crippen molar-refractivity contribution in [1.29, 1.82) is 0 Å². The molecule has 9 fully saturated rings. The first-order valence-electron chi connectivity index (χ1n) is 35.8. The minimum atomic E-state index is -0.645. The van der Waals surface area contributed by atoms with Gasteiger partial charge in [-0.05, 0) is 164 Å². The summed E-state index contributed by atoms with van der Waals surface area (Å²) in [7, 11) is 0. The number of hydrogen-bond donors (Lipinski definition) is 3. The van der Waals surface area contributed by atoms with Crippen molar-refractivity contribution >= 4 is 54.7 Å². The summed E-state index contributed by atoms with van der Waals surface area (Å²) in [6.07, 6.45) is 19.5. The second kappa shape index (κ2) is 38.0. The minimum absolute atomic E-state index is 0. The molecule has 5 saturated heterocycles. The summed E-state index contributed by atoms with van der Waals surface area (Å²) >= 11 is 0. The number of aliphatic carboxylic acids is 1. The number of carboxylic acids is 1. The Kier molecular flexibility index (Phi) is 30.8. The lowest BCUT2D eigenvalue weighted by Gasteiger charge is -2.36. The first-order chi connectivity index (χ1) is 45.5. The number of rotatable bonds is 19. The van der Waals surface area contributed by atoms with Crippen LogP contribution in [0.5, 0.6) is 0 Å². The van der Waals surface area contributed by atoms with Crippen LogP contribution in [0, 0.1) is 29.6 Å². The molecule has 96 heavy (non-hydrogen) atoms. The van der Waals surface area contributed by atoms with Gasteiger partial charge in [0.1, 0.15) is 30.2 Å². The molecule has 14 rings (SSSR count). The molecule has 0 amide bonds. The third-order valence-corrected chi connectivity index (χ3v) is 21.1. The fourth-order valence-electron chi connectivity index (χ4n) is 17.3. The van der Waals surface area contributed by atoms with Crippen LogP contribution in [-0.4, -0.2) is 153 Å². The Labute approximate surface area is 585 Å². The van der Waals surface area contributed by atoms with Gasteiger partial charge in [0.05, 0.1) is 26.4 Å². The Balaban J connectivity index is 0.000000165. The normalized spacial score (nSPS) is 29.2. The van der Waals surface area contributed by atoms with Gasteiger partial charge < -0.3 is 34.7 Å². The number of benzene rings is 4. The molecule has 0 spiro atoms. The summed E-state index contributed by atoms with van der Waals surface area (Å²) in [5.41, 5.74) is 5.03. The smallest absolute Gasteiger partial charge is 0.323 e. The molecule has 4 aromatic carbocycles. The standard InChI is InChI=1S/C17H21NO2.2C16H21NO2.C14H17NO2.C9H15NO2.C6H15N.2ClH/c1-3-20-17(19)16-14-9-10-15(11-14)18(16)12(2)13-7-5-4-6-8-13;2*1-2-19-16(18)15-13-8-9-14(10-13)17(15)11-12-6-4-3-5-7-12;16-14(17)13-11-6-7-12(8-11)15(13)9-10-4-2-1-3-5-10;1-2-12-9(11)8-6-3-4-7(5-6)10-8;1-5(2)7-6(3)4;;/h4-10,12,14-16H,3,11H2,1-2H3;2*3-7,13-15H,2,8-11H2,1H3;1-5,11-13H,6-9H2,(H,16,17);6-8,10H,2-5H2,1H3;5-7H,1-4H3;2*1H/t12-,14?,15?,16?;;;;;;;/m0......./s1. The van der Waals surface area contributed by atoms with E-state index in [4.69, 9.17) is 18.9 Å². The minimum Gasteiger partial charge on any atom is -0.480 e. The van der Waals surface area contributed by atoms with Gasteiger partial charge in [-0.25, -0.2) is 0 Å². The number of piperidine rings is 4. The quantitative estimate of drug-likeness (QED) is 0.0458. The number of esters is 4. The number of nitrogens with one attached hydrogen (secondary N) is 2. The maximum absolute atomic E-state index is 12.3. The highest BCUT2D eigenvalue weighted by Crippen LogP contribution is 2.47. The maximum atomic E-state index is 12.3. The first-order valence-corrected chi connectivity index (χ1v) is 35.8. The number of carbonyl (C=O) groups excluding carboxylic acids is 4. The fourth-order valence-corrected chi connectivity index (χ4v) is 17.3. The molecule has 5 aliphatic carbocycles. The van der Waals surface area contributed by atoms with Crippen molar-refractivity contribution < 1.29 is 48.0 Å². The molecule has 10 bridgehead atoms. The molecule has 3 N–H and O–H groups in total. The second-order valence-electron chi connectivity index (χ2n) is 28.1. The summed E-state index contributed by atoms with van der Waals surface area (Å²) in [5.74, 6) is 1.43. The van der Waals surface area contributed by atoms with Gasteiger partial charge in [-0.1, -0.05) is 161 Å². The van der Waals surface area contributed by atoms with Crippen LogP contribution in [0.1, 0.15) is 174 Å². The van der Waals surface area contributed by atoms with Crippen molar-refractivity contribution in [2.45, 2.75) is 244 Å². The predicted octanol–water partition coefficient (Wildman–Crippen LogP) is 13.2. The van der Waals surface area contributed by atoms with E-state index >= 15 is 0 Å².